The van der Waals surface area contributed by atoms with Crippen molar-refractivity contribution >= 4 is 16.7 Å². The van der Waals surface area contributed by atoms with E-state index in [0.29, 0.717) is 29.8 Å². The number of likely N-dealkylation sites (tertiary alicyclic amines) is 1. The molecule has 29 heavy (non-hydrogen) atoms. The van der Waals surface area contributed by atoms with Crippen LogP contribution in [0.3, 0.4) is 0 Å². The molecule has 6 heteroatoms. The van der Waals surface area contributed by atoms with E-state index in [9.17, 15) is 15.0 Å². The summed E-state index contributed by atoms with van der Waals surface area (Å²) in [5, 5.41) is 23.9. The first kappa shape index (κ1) is 16.0. The molecule has 3 N–H and O–H groups in total. The molecule has 2 aliphatic heterocycles. The van der Waals surface area contributed by atoms with Crippen molar-refractivity contribution in [3.63, 3.8) is 0 Å². The number of Topliss-reactive ketones (excluding diaryl/α,β-unsaturated/α-hetero) is 1. The Morgan fingerprint density at radius 1 is 1.24 bits per heavy atom. The van der Waals surface area contributed by atoms with Crippen molar-refractivity contribution in [2.75, 3.05) is 13.6 Å². The van der Waals surface area contributed by atoms with E-state index in [1.165, 1.54) is 0 Å². The maximum Gasteiger partial charge on any atom is 0.206 e. The van der Waals surface area contributed by atoms with Crippen LogP contribution in [-0.4, -0.2) is 51.6 Å². The van der Waals surface area contributed by atoms with Crippen LogP contribution in [0.15, 0.2) is 36.4 Å². The van der Waals surface area contributed by atoms with Crippen molar-refractivity contribution in [3.05, 3.63) is 58.8 Å². The molecule has 7 rings (SSSR count). The molecular weight excluding hydrogens is 368 g/mol. The zero-order valence-electron chi connectivity index (χ0n) is 15.9. The minimum Gasteiger partial charge on any atom is -0.504 e. The number of aromatic hydroxyl groups is 1. The summed E-state index contributed by atoms with van der Waals surface area (Å²) in [5.74, 6) is 0.291. The van der Waals surface area contributed by atoms with Crippen molar-refractivity contribution in [3.8, 4) is 11.5 Å². The van der Waals surface area contributed by atoms with Crippen molar-refractivity contribution in [1.29, 1.82) is 0 Å². The van der Waals surface area contributed by atoms with Gasteiger partial charge in [0.15, 0.2) is 17.6 Å². The van der Waals surface area contributed by atoms with E-state index >= 15 is 0 Å². The number of H-pyrrole nitrogens is 1. The molecule has 2 bridgehead atoms. The summed E-state index contributed by atoms with van der Waals surface area (Å²) in [7, 11) is 2.03. The number of benzene rings is 2. The van der Waals surface area contributed by atoms with Crippen LogP contribution in [0.25, 0.3) is 10.9 Å². The molecule has 1 unspecified atom stereocenters. The van der Waals surface area contributed by atoms with E-state index in [2.05, 4.69) is 9.88 Å². The molecule has 3 heterocycles. The van der Waals surface area contributed by atoms with Crippen LogP contribution >= 0.6 is 0 Å². The number of likely N-dealkylation sites (N-methyl/N-ethyl adjacent to an activating group) is 1. The number of carbonyl (C=O) groups excluding carboxylic acids is 1. The summed E-state index contributed by atoms with van der Waals surface area (Å²) >= 11 is 0. The maximum atomic E-state index is 13.8. The van der Waals surface area contributed by atoms with E-state index in [1.807, 2.05) is 37.4 Å². The van der Waals surface area contributed by atoms with Gasteiger partial charge in [0.1, 0.15) is 5.60 Å². The van der Waals surface area contributed by atoms with Crippen LogP contribution in [-0.2, 0) is 17.4 Å². The Bertz CT molecular complexity index is 1260. The highest BCUT2D eigenvalue weighted by atomic mass is 16.5. The van der Waals surface area contributed by atoms with E-state index in [4.69, 9.17) is 4.74 Å². The number of carbonyl (C=O) groups is 1. The van der Waals surface area contributed by atoms with Crippen LogP contribution < -0.4 is 4.74 Å². The number of nitrogens with one attached hydrogen (secondary N) is 1. The second kappa shape index (κ2) is 4.66. The molecule has 146 valence electrons. The third-order valence-corrected chi connectivity index (χ3v) is 7.89. The number of rotatable bonds is 0. The van der Waals surface area contributed by atoms with Gasteiger partial charge in [0, 0.05) is 22.5 Å². The number of hydrogen-bond donors (Lipinski definition) is 3. The predicted molar refractivity (Wildman–Crippen MR) is 105 cm³/mol. The first-order chi connectivity index (χ1) is 14.0. The molecule has 2 aromatic carbocycles. The Hall–Kier alpha value is -2.83. The number of para-hydroxylation sites is 1. The Morgan fingerprint density at radius 2 is 2.07 bits per heavy atom. The average molecular weight is 388 g/mol. The molecule has 2 aliphatic carbocycles. The second-order valence-electron chi connectivity index (χ2n) is 8.92. The van der Waals surface area contributed by atoms with Crippen molar-refractivity contribution < 1.29 is 19.7 Å². The lowest BCUT2D eigenvalue weighted by atomic mass is 9.49. The monoisotopic (exact) mass is 388 g/mol. The number of phenolic OH excluding ortho intramolecular Hbond substituents is 1. The lowest BCUT2D eigenvalue weighted by Gasteiger charge is -2.61. The zero-order valence-corrected chi connectivity index (χ0v) is 15.9. The summed E-state index contributed by atoms with van der Waals surface area (Å²) < 4.78 is 6.21. The predicted octanol–water partition coefficient (Wildman–Crippen LogP) is 2.22. The van der Waals surface area contributed by atoms with Gasteiger partial charge in [0.2, 0.25) is 5.78 Å². The van der Waals surface area contributed by atoms with Gasteiger partial charge in [-0.15, -0.1) is 0 Å². The number of ether oxygens (including phenoxy) is 1. The van der Waals surface area contributed by atoms with Gasteiger partial charge in [0.25, 0.3) is 0 Å². The van der Waals surface area contributed by atoms with Crippen molar-refractivity contribution in [1.82, 2.24) is 9.88 Å². The number of piperidine rings is 1. The highest BCUT2D eigenvalue weighted by Crippen LogP contribution is 2.67. The lowest BCUT2D eigenvalue weighted by molar-refractivity contribution is -0.166. The Morgan fingerprint density at radius 3 is 2.93 bits per heavy atom. The second-order valence-corrected chi connectivity index (χ2v) is 8.92. The van der Waals surface area contributed by atoms with Crippen LogP contribution in [0.4, 0.5) is 0 Å². The highest BCUT2D eigenvalue weighted by molar-refractivity contribution is 6.14. The van der Waals surface area contributed by atoms with Crippen LogP contribution in [0.2, 0.25) is 0 Å². The molecule has 0 amide bonds. The fourth-order valence-electron chi connectivity index (χ4n) is 6.70. The summed E-state index contributed by atoms with van der Waals surface area (Å²) in [6, 6.07) is 11.0. The number of aliphatic hydroxyl groups is 1. The normalized spacial score (nSPS) is 34.1. The van der Waals surface area contributed by atoms with Crippen molar-refractivity contribution in [2.45, 2.75) is 36.0 Å². The van der Waals surface area contributed by atoms with Crippen LogP contribution in [0.1, 0.15) is 33.6 Å². The molecule has 4 atom stereocenters. The van der Waals surface area contributed by atoms with Crippen molar-refractivity contribution in [2.24, 2.45) is 0 Å². The summed E-state index contributed by atoms with van der Waals surface area (Å²) in [6.45, 7) is 0.754. The molecule has 6 nitrogen and oxygen atoms in total. The quantitative estimate of drug-likeness (QED) is 0.550. The van der Waals surface area contributed by atoms with Gasteiger partial charge in [0.05, 0.1) is 16.7 Å². The molecule has 3 aromatic rings. The summed E-state index contributed by atoms with van der Waals surface area (Å²) in [5.41, 5.74) is 1.65. The number of hydrogen-bond acceptors (Lipinski definition) is 5. The van der Waals surface area contributed by atoms with Gasteiger partial charge in [-0.1, -0.05) is 24.3 Å². The Labute approximate surface area is 166 Å². The van der Waals surface area contributed by atoms with Crippen LogP contribution in [0.5, 0.6) is 11.5 Å². The summed E-state index contributed by atoms with van der Waals surface area (Å²) in [4.78, 5) is 19.4. The smallest absolute Gasteiger partial charge is 0.206 e. The summed E-state index contributed by atoms with van der Waals surface area (Å²) in [6.07, 6.45) is 0.388. The molecular formula is C23H20N2O4. The van der Waals surface area contributed by atoms with Gasteiger partial charge < -0.3 is 19.9 Å². The van der Waals surface area contributed by atoms with Gasteiger partial charge in [-0.2, -0.15) is 0 Å². The largest absolute Gasteiger partial charge is 0.504 e. The van der Waals surface area contributed by atoms with Gasteiger partial charge in [-0.05, 0) is 44.1 Å². The van der Waals surface area contributed by atoms with Gasteiger partial charge in [-0.3, -0.25) is 9.69 Å². The number of ketones is 1. The number of aromatic nitrogens is 1. The first-order valence-electron chi connectivity index (χ1n) is 10.1. The minimum atomic E-state index is -1.31. The number of aromatic amines is 1. The van der Waals surface area contributed by atoms with Crippen LogP contribution in [0, 0.1) is 0 Å². The number of nitrogens with zero attached hydrogens (tertiary/aromatic N) is 1. The average Bonchev–Trinajstić information content (AvgIpc) is 3.27. The standard InChI is InChI=1S/C23H20N2O4/c1-25-9-8-22-17-11-6-7-14(26)19(17)29-21(22)18(27)16-12-4-2-3-5-13(12)24-20(16)23(22,28)15(25)10-11/h2-7,15,21,24,26,28H,8-10H2,1H3/t15?,21-,22-,23-/m0/s1. The fraction of sp³-hybridized carbons (Fsp3) is 0.348. The van der Waals surface area contributed by atoms with E-state index in [0.717, 1.165) is 28.6 Å². The Balaban J connectivity index is 1.67. The van der Waals surface area contributed by atoms with E-state index in [1.54, 1.807) is 6.07 Å². The van der Waals surface area contributed by atoms with Gasteiger partial charge in [-0.25, -0.2) is 0 Å². The molecule has 4 aliphatic rings. The molecule has 1 fully saturated rings. The topological polar surface area (TPSA) is 85.8 Å². The number of phenols is 1. The van der Waals surface area contributed by atoms with Gasteiger partial charge >= 0.3 is 0 Å². The van der Waals surface area contributed by atoms with E-state index in [-0.39, 0.29) is 17.6 Å². The third-order valence-electron chi connectivity index (χ3n) is 7.89. The first-order valence-corrected chi connectivity index (χ1v) is 10.1. The molecule has 1 spiro atoms. The fourth-order valence-corrected chi connectivity index (χ4v) is 6.70. The number of fused-ring (bicyclic) bond motifs is 3. The molecule has 1 aromatic heterocycles. The maximum absolute atomic E-state index is 13.8. The third kappa shape index (κ3) is 1.46. The Kier molecular flexibility index (Phi) is 2.57. The minimum absolute atomic E-state index is 0.0357. The molecule has 1 saturated heterocycles. The highest BCUT2D eigenvalue weighted by Gasteiger charge is 2.75. The SMILES string of the molecule is CN1CC[C@]23c4c5ccc(O)c4O[C@H]2C(=O)c2c([nH]c4ccccc24)[C@@]3(O)C1C5. The molecule has 0 radical (unpaired) electrons. The molecule has 0 saturated carbocycles. The van der Waals surface area contributed by atoms with E-state index < -0.39 is 17.1 Å². The lowest BCUT2D eigenvalue weighted by Crippen LogP contribution is -2.74. The zero-order chi connectivity index (χ0) is 19.7.